The number of halogens is 1. The van der Waals surface area contributed by atoms with Gasteiger partial charge in [0.25, 0.3) is 0 Å². The Balaban J connectivity index is 1.99. The lowest BCUT2D eigenvalue weighted by Gasteiger charge is -2.23. The second kappa shape index (κ2) is 4.78. The van der Waals surface area contributed by atoms with Gasteiger partial charge in [0.05, 0.1) is 11.7 Å². The summed E-state index contributed by atoms with van der Waals surface area (Å²) in [5.41, 5.74) is 2.45. The number of aromatic nitrogens is 2. The lowest BCUT2D eigenvalue weighted by atomic mass is 10.1. The number of nitrogens with zero attached hydrogens (tertiary/aromatic N) is 2. The molecule has 0 bridgehead atoms. The molecule has 1 unspecified atom stereocenters. The van der Waals surface area contributed by atoms with E-state index in [0.717, 1.165) is 18.4 Å². The molecule has 2 aromatic rings. The summed E-state index contributed by atoms with van der Waals surface area (Å²) in [6.45, 7) is 0.853. The fourth-order valence-electron chi connectivity index (χ4n) is 2.33. The Morgan fingerprint density at radius 1 is 1.41 bits per heavy atom. The van der Waals surface area contributed by atoms with E-state index >= 15 is 0 Å². The van der Waals surface area contributed by atoms with Crippen LogP contribution in [0.1, 0.15) is 31.1 Å². The molecule has 1 fully saturated rings. The molecule has 1 aromatic carbocycles. The van der Waals surface area contributed by atoms with Crippen LogP contribution in [0.5, 0.6) is 0 Å². The highest BCUT2D eigenvalue weighted by Crippen LogP contribution is 2.26. The molecular weight excluding hydrogens is 280 g/mol. The molecule has 1 aromatic heterocycles. The van der Waals surface area contributed by atoms with Gasteiger partial charge in [0, 0.05) is 17.3 Å². The number of fused-ring (bicyclic) bond motifs is 1. The molecule has 0 radical (unpaired) electrons. The lowest BCUT2D eigenvalue weighted by molar-refractivity contribution is -0.0366. The highest BCUT2D eigenvalue weighted by molar-refractivity contribution is 9.08. The van der Waals surface area contributed by atoms with Crippen molar-refractivity contribution in [1.82, 2.24) is 9.78 Å². The van der Waals surface area contributed by atoms with Gasteiger partial charge in [0.1, 0.15) is 0 Å². The van der Waals surface area contributed by atoms with Gasteiger partial charge in [-0.25, -0.2) is 4.68 Å². The Labute approximate surface area is 109 Å². The molecule has 3 rings (SSSR count). The van der Waals surface area contributed by atoms with Gasteiger partial charge in [-0.15, -0.1) is 0 Å². The summed E-state index contributed by atoms with van der Waals surface area (Å²) in [6, 6.07) is 6.45. The number of ether oxygens (including phenoxy) is 1. The highest BCUT2D eigenvalue weighted by Gasteiger charge is 2.18. The first kappa shape index (κ1) is 11.2. The van der Waals surface area contributed by atoms with Crippen LogP contribution in [-0.4, -0.2) is 16.4 Å². The second-order valence-corrected chi connectivity index (χ2v) is 5.00. The fourth-order valence-corrected chi connectivity index (χ4v) is 2.68. The topological polar surface area (TPSA) is 27.1 Å². The van der Waals surface area contributed by atoms with Crippen LogP contribution in [0.25, 0.3) is 10.9 Å². The number of benzene rings is 1. The Hall–Kier alpha value is -0.870. The molecule has 0 amide bonds. The van der Waals surface area contributed by atoms with E-state index in [1.165, 1.54) is 29.3 Å². The molecule has 0 spiro atoms. The van der Waals surface area contributed by atoms with E-state index in [9.17, 15) is 0 Å². The minimum absolute atomic E-state index is 0.121. The Bertz CT molecular complexity index is 517. The zero-order chi connectivity index (χ0) is 11.7. The fraction of sp³-hybridized carbons (Fsp3) is 0.462. The van der Waals surface area contributed by atoms with Crippen molar-refractivity contribution in [3.8, 4) is 0 Å². The van der Waals surface area contributed by atoms with Crippen molar-refractivity contribution in [3.05, 3.63) is 30.0 Å². The van der Waals surface area contributed by atoms with E-state index < -0.39 is 0 Å². The third-order valence-corrected chi connectivity index (χ3v) is 3.89. The van der Waals surface area contributed by atoms with E-state index in [1.54, 1.807) is 0 Å². The first-order valence-corrected chi connectivity index (χ1v) is 7.14. The lowest BCUT2D eigenvalue weighted by Crippen LogP contribution is -2.18. The number of alkyl halides is 1. The molecule has 1 aliphatic rings. The molecular formula is C13H15BrN2O. The van der Waals surface area contributed by atoms with E-state index in [2.05, 4.69) is 39.2 Å². The Morgan fingerprint density at radius 2 is 2.35 bits per heavy atom. The maximum atomic E-state index is 5.78. The third-order valence-electron chi connectivity index (χ3n) is 3.24. The van der Waals surface area contributed by atoms with Crippen molar-refractivity contribution in [2.75, 3.05) is 6.61 Å². The van der Waals surface area contributed by atoms with Crippen LogP contribution in [0, 0.1) is 0 Å². The van der Waals surface area contributed by atoms with Crippen LogP contribution in [0.3, 0.4) is 0 Å². The van der Waals surface area contributed by atoms with Gasteiger partial charge >= 0.3 is 0 Å². The van der Waals surface area contributed by atoms with Crippen LogP contribution in [-0.2, 0) is 10.1 Å². The van der Waals surface area contributed by atoms with Crippen molar-refractivity contribution in [1.29, 1.82) is 0 Å². The molecule has 1 atom stereocenters. The summed E-state index contributed by atoms with van der Waals surface area (Å²) in [5, 5.41) is 6.54. The summed E-state index contributed by atoms with van der Waals surface area (Å²) in [5.74, 6) is 0. The molecule has 3 nitrogen and oxygen atoms in total. The van der Waals surface area contributed by atoms with Crippen LogP contribution >= 0.6 is 15.9 Å². The first-order valence-electron chi connectivity index (χ1n) is 6.02. The van der Waals surface area contributed by atoms with Crippen molar-refractivity contribution < 1.29 is 4.74 Å². The summed E-state index contributed by atoms with van der Waals surface area (Å²) in [4.78, 5) is 0. The average Bonchev–Trinajstić information content (AvgIpc) is 2.82. The van der Waals surface area contributed by atoms with Gasteiger partial charge in [-0.1, -0.05) is 22.0 Å². The molecule has 0 N–H and O–H groups in total. The minimum Gasteiger partial charge on any atom is -0.356 e. The normalized spacial score (nSPS) is 20.9. The smallest absolute Gasteiger partial charge is 0.150 e. The monoisotopic (exact) mass is 294 g/mol. The third kappa shape index (κ3) is 2.11. The predicted molar refractivity (Wildman–Crippen MR) is 71.2 cm³/mol. The molecule has 1 saturated heterocycles. The number of rotatable bonds is 2. The predicted octanol–water partition coefficient (Wildman–Crippen LogP) is 3.63. The molecule has 0 aliphatic carbocycles. The van der Waals surface area contributed by atoms with E-state index in [1.807, 2.05) is 10.9 Å². The molecule has 17 heavy (non-hydrogen) atoms. The van der Waals surface area contributed by atoms with Crippen LogP contribution < -0.4 is 0 Å². The van der Waals surface area contributed by atoms with Gasteiger partial charge in [0.2, 0.25) is 0 Å². The van der Waals surface area contributed by atoms with Gasteiger partial charge in [0.15, 0.2) is 6.23 Å². The zero-order valence-electron chi connectivity index (χ0n) is 9.60. The SMILES string of the molecule is BrCc1ccc2c(cnn2C2CCCCO2)c1. The molecule has 90 valence electrons. The van der Waals surface area contributed by atoms with E-state index in [4.69, 9.17) is 4.74 Å². The minimum atomic E-state index is 0.121. The maximum Gasteiger partial charge on any atom is 0.150 e. The van der Waals surface area contributed by atoms with Gasteiger partial charge < -0.3 is 4.74 Å². The van der Waals surface area contributed by atoms with E-state index in [-0.39, 0.29) is 6.23 Å². The van der Waals surface area contributed by atoms with Gasteiger partial charge in [-0.2, -0.15) is 5.10 Å². The highest BCUT2D eigenvalue weighted by atomic mass is 79.9. The summed E-state index contributed by atoms with van der Waals surface area (Å²) >= 11 is 3.47. The van der Waals surface area contributed by atoms with Gasteiger partial charge in [-0.05, 0) is 37.0 Å². The van der Waals surface area contributed by atoms with Gasteiger partial charge in [-0.3, -0.25) is 0 Å². The molecule has 0 saturated carbocycles. The van der Waals surface area contributed by atoms with Crippen LogP contribution in [0.15, 0.2) is 24.4 Å². The Kier molecular flexibility index (Phi) is 3.16. The quantitative estimate of drug-likeness (QED) is 0.791. The zero-order valence-corrected chi connectivity index (χ0v) is 11.2. The summed E-state index contributed by atoms with van der Waals surface area (Å²) in [6.07, 6.45) is 5.52. The number of hydrogen-bond acceptors (Lipinski definition) is 2. The van der Waals surface area contributed by atoms with Crippen LogP contribution in [0.4, 0.5) is 0 Å². The first-order chi connectivity index (χ1) is 8.38. The van der Waals surface area contributed by atoms with Crippen LogP contribution in [0.2, 0.25) is 0 Å². The molecule has 2 heterocycles. The summed E-state index contributed by atoms with van der Waals surface area (Å²) < 4.78 is 7.80. The van der Waals surface area contributed by atoms with Crippen molar-refractivity contribution >= 4 is 26.8 Å². The van der Waals surface area contributed by atoms with Crippen molar-refractivity contribution in [2.45, 2.75) is 30.8 Å². The Morgan fingerprint density at radius 3 is 3.12 bits per heavy atom. The molecule has 1 aliphatic heterocycles. The molecule has 4 heteroatoms. The van der Waals surface area contributed by atoms with E-state index in [0.29, 0.717) is 0 Å². The van der Waals surface area contributed by atoms with Crippen molar-refractivity contribution in [3.63, 3.8) is 0 Å². The largest absolute Gasteiger partial charge is 0.356 e. The average molecular weight is 295 g/mol. The number of hydrogen-bond donors (Lipinski definition) is 0. The second-order valence-electron chi connectivity index (χ2n) is 4.44. The summed E-state index contributed by atoms with van der Waals surface area (Å²) in [7, 11) is 0. The maximum absolute atomic E-state index is 5.78. The standard InChI is InChI=1S/C13H15BrN2O/c14-8-10-4-5-12-11(7-10)9-15-16(12)13-3-1-2-6-17-13/h4-5,7,9,13H,1-3,6,8H2. The van der Waals surface area contributed by atoms with Crippen molar-refractivity contribution in [2.24, 2.45) is 0 Å².